The average molecular weight is 799 g/mol. The molecule has 2 N–H and O–H groups in total. The summed E-state index contributed by atoms with van der Waals surface area (Å²) in [4.78, 5) is 39.7. The van der Waals surface area contributed by atoms with Crippen LogP contribution in [0.3, 0.4) is 0 Å². The summed E-state index contributed by atoms with van der Waals surface area (Å²) in [6, 6.07) is 22.4. The molecule has 314 valence electrons. The Morgan fingerprint density at radius 2 is 1.20 bits per heavy atom. The molecule has 0 spiro atoms. The number of hydrogen-bond acceptors (Lipinski definition) is 5. The lowest BCUT2D eigenvalue weighted by Crippen LogP contribution is -2.54. The van der Waals surface area contributed by atoms with Gasteiger partial charge in [-0.2, -0.15) is 0 Å². The van der Waals surface area contributed by atoms with Crippen LogP contribution in [-0.2, 0) is 44.7 Å². The Kier molecular flexibility index (Phi) is 10.2. The van der Waals surface area contributed by atoms with Gasteiger partial charge in [0, 0.05) is 10.8 Å². The number of carboxylic acids is 1. The van der Waals surface area contributed by atoms with E-state index in [-0.39, 0.29) is 46.1 Å². The van der Waals surface area contributed by atoms with Crippen LogP contribution < -0.4 is 4.74 Å². The number of ketones is 2. The monoisotopic (exact) mass is 798 g/mol. The fourth-order valence-electron chi connectivity index (χ4n) is 15.3. The first-order chi connectivity index (χ1) is 28.1. The van der Waals surface area contributed by atoms with E-state index in [1.165, 1.54) is 41.5 Å². The van der Waals surface area contributed by atoms with Crippen molar-refractivity contribution in [1.82, 2.24) is 0 Å². The topological polar surface area (TPSA) is 101 Å². The van der Waals surface area contributed by atoms with Gasteiger partial charge in [0.15, 0.2) is 0 Å². The second-order valence-corrected chi connectivity index (χ2v) is 21.5. The van der Waals surface area contributed by atoms with Gasteiger partial charge >= 0.3 is 5.97 Å². The molecular weight excluding hydrogens is 733 g/mol. The van der Waals surface area contributed by atoms with Gasteiger partial charge in [-0.05, 0) is 189 Å². The summed E-state index contributed by atoms with van der Waals surface area (Å²) in [6.07, 6.45) is 16.9. The van der Waals surface area contributed by atoms with E-state index < -0.39 is 16.8 Å². The largest absolute Gasteiger partial charge is 0.508 e. The van der Waals surface area contributed by atoms with E-state index in [0.717, 1.165) is 113 Å². The van der Waals surface area contributed by atoms with Crippen LogP contribution in [0, 0.1) is 45.8 Å². The average Bonchev–Trinajstić information content (AvgIpc) is 3.20. The fraction of sp³-hybridized carbons (Fsp3) is 0.604. The summed E-state index contributed by atoms with van der Waals surface area (Å²) in [7, 11) is 0. The zero-order valence-electron chi connectivity index (χ0n) is 36.0. The molecular formula is C53H66O6. The second-order valence-electron chi connectivity index (χ2n) is 21.5. The van der Waals surface area contributed by atoms with Crippen molar-refractivity contribution in [2.75, 3.05) is 0 Å². The molecule has 0 amide bonds. The minimum Gasteiger partial charge on any atom is -0.508 e. The quantitative estimate of drug-likeness (QED) is 0.220. The van der Waals surface area contributed by atoms with Gasteiger partial charge in [0.05, 0.1) is 11.8 Å². The predicted octanol–water partition coefficient (Wildman–Crippen LogP) is 11.5. The molecule has 0 saturated heterocycles. The van der Waals surface area contributed by atoms with Gasteiger partial charge < -0.3 is 14.9 Å². The standard InChI is InChI=1S/C29H38O3.C24H28O3/c1-27-8-3-9-28(2,24(27)7-5-21-4-6-22(30)13-23(21)27)25(31)14-26(32)29-15-18-10-19(16-29)12-20(11-18)17-29;1-23-13-6-14-24(2,22(25)26)21(23)12-10-18-9-11-19(15-20(18)23)27-16-17-7-4-3-5-8-17/h4,6,13,18-20,24,30H,3,5,7-12,14-17H2,1-2H3;3-5,7-9,11,15,21H,6,10,12-14,16H2,1-2H3,(H,25,26)/t18?,19?,20?,24-,27-,28+,29?;21-,23-,24+/m11/s1. The van der Waals surface area contributed by atoms with Crippen molar-refractivity contribution in [3.63, 3.8) is 0 Å². The van der Waals surface area contributed by atoms with Crippen molar-refractivity contribution in [1.29, 1.82) is 0 Å². The summed E-state index contributed by atoms with van der Waals surface area (Å²) in [5.41, 5.74) is 4.93. The maximum atomic E-state index is 13.9. The normalized spacial score (nSPS) is 37.4. The smallest absolute Gasteiger partial charge is 0.309 e. The van der Waals surface area contributed by atoms with Gasteiger partial charge in [-0.15, -0.1) is 0 Å². The molecule has 8 aliphatic carbocycles. The molecule has 6 fully saturated rings. The lowest BCUT2D eigenvalue weighted by Gasteiger charge is -2.56. The van der Waals surface area contributed by atoms with Crippen LogP contribution in [0.25, 0.3) is 0 Å². The first kappa shape index (κ1) is 40.5. The number of hydrogen-bond donors (Lipinski definition) is 2. The number of phenolic OH excluding ortho intramolecular Hbond substituents is 1. The maximum absolute atomic E-state index is 13.9. The fourth-order valence-corrected chi connectivity index (χ4v) is 15.3. The van der Waals surface area contributed by atoms with E-state index in [9.17, 15) is 24.6 Å². The van der Waals surface area contributed by atoms with Gasteiger partial charge in [0.25, 0.3) is 0 Å². The molecule has 3 aromatic rings. The van der Waals surface area contributed by atoms with Crippen molar-refractivity contribution >= 4 is 17.5 Å². The molecule has 11 rings (SSSR count). The number of aryl methyl sites for hydroxylation is 2. The summed E-state index contributed by atoms with van der Waals surface area (Å²) < 4.78 is 6.07. The third-order valence-electron chi connectivity index (χ3n) is 18.0. The molecule has 0 unspecified atom stereocenters. The number of benzene rings is 3. The SMILES string of the molecule is C[C@]1(C(=O)CC(=O)C23CC4CC(CC(C4)C2)C3)CCC[C@]2(C)c3cc(O)ccc3CC[C@@H]12.C[C@]1(C(=O)O)CCC[C@]2(C)c3cc(OCc4ccccc4)ccc3CC[C@@H]12. The van der Waals surface area contributed by atoms with E-state index in [1.54, 1.807) is 6.07 Å². The molecule has 6 heteroatoms. The Labute approximate surface area is 351 Å². The Morgan fingerprint density at radius 3 is 1.80 bits per heavy atom. The molecule has 0 radical (unpaired) electrons. The van der Waals surface area contributed by atoms with Crippen molar-refractivity contribution in [3.8, 4) is 11.5 Å². The second kappa shape index (κ2) is 14.9. The Hall–Kier alpha value is -3.93. The number of aliphatic carboxylic acids is 1. The molecule has 0 aliphatic heterocycles. The maximum Gasteiger partial charge on any atom is 0.309 e. The number of ether oxygens (including phenoxy) is 1. The molecule has 6 atom stereocenters. The van der Waals surface area contributed by atoms with E-state index in [1.807, 2.05) is 31.2 Å². The van der Waals surface area contributed by atoms with Gasteiger partial charge in [-0.3, -0.25) is 14.4 Å². The summed E-state index contributed by atoms with van der Waals surface area (Å²) in [5, 5.41) is 20.1. The molecule has 0 aromatic heterocycles. The lowest BCUT2D eigenvalue weighted by molar-refractivity contribution is -0.157. The van der Waals surface area contributed by atoms with Crippen LogP contribution in [0.15, 0.2) is 66.7 Å². The molecule has 0 heterocycles. The number of carbonyl (C=O) groups is 3. The molecule has 3 aromatic carbocycles. The highest BCUT2D eigenvalue weighted by Gasteiger charge is 2.59. The minimum absolute atomic E-state index is 0.0922. The number of fused-ring (bicyclic) bond motifs is 6. The molecule has 4 bridgehead atoms. The number of carbonyl (C=O) groups excluding carboxylic acids is 2. The van der Waals surface area contributed by atoms with Gasteiger partial charge in [-0.1, -0.05) is 76.1 Å². The van der Waals surface area contributed by atoms with Crippen LogP contribution in [0.4, 0.5) is 0 Å². The van der Waals surface area contributed by atoms with Crippen molar-refractivity contribution in [3.05, 3.63) is 94.5 Å². The Balaban J connectivity index is 0.000000155. The molecule has 6 nitrogen and oxygen atoms in total. The van der Waals surface area contributed by atoms with Gasteiger partial charge in [0.2, 0.25) is 0 Å². The van der Waals surface area contributed by atoms with Gasteiger partial charge in [0.1, 0.15) is 29.7 Å². The number of aromatic hydroxyl groups is 1. The highest BCUT2D eigenvalue weighted by Crippen LogP contribution is 2.62. The van der Waals surface area contributed by atoms with Crippen molar-refractivity contribution in [2.24, 2.45) is 45.8 Å². The number of Topliss-reactive ketones (excluding diaryl/α,β-unsaturated/α-hetero) is 2. The third-order valence-corrected chi connectivity index (χ3v) is 18.0. The van der Waals surface area contributed by atoms with Crippen LogP contribution in [0.2, 0.25) is 0 Å². The molecule has 6 saturated carbocycles. The van der Waals surface area contributed by atoms with E-state index in [4.69, 9.17) is 4.74 Å². The predicted molar refractivity (Wildman–Crippen MR) is 230 cm³/mol. The van der Waals surface area contributed by atoms with Crippen molar-refractivity contribution < 1.29 is 29.3 Å². The third kappa shape index (κ3) is 6.87. The Morgan fingerprint density at radius 1 is 0.661 bits per heavy atom. The van der Waals surface area contributed by atoms with Crippen LogP contribution in [0.5, 0.6) is 11.5 Å². The van der Waals surface area contributed by atoms with Crippen LogP contribution in [-0.4, -0.2) is 27.7 Å². The van der Waals surface area contributed by atoms with Crippen LogP contribution in [0.1, 0.15) is 152 Å². The minimum atomic E-state index is -0.640. The zero-order valence-corrected chi connectivity index (χ0v) is 36.0. The number of phenols is 1. The summed E-state index contributed by atoms with van der Waals surface area (Å²) in [5.74, 6) is 3.66. The highest BCUT2D eigenvalue weighted by molar-refractivity contribution is 6.04. The van der Waals surface area contributed by atoms with E-state index in [0.29, 0.717) is 12.4 Å². The first-order valence-corrected chi connectivity index (χ1v) is 23.1. The lowest BCUT2D eigenvalue weighted by atomic mass is 9.47. The van der Waals surface area contributed by atoms with Crippen LogP contribution >= 0.6 is 0 Å². The van der Waals surface area contributed by atoms with E-state index in [2.05, 4.69) is 57.2 Å². The summed E-state index contributed by atoms with van der Waals surface area (Å²) >= 11 is 0. The van der Waals surface area contributed by atoms with Crippen molar-refractivity contribution in [2.45, 2.75) is 154 Å². The van der Waals surface area contributed by atoms with Gasteiger partial charge in [-0.25, -0.2) is 0 Å². The number of rotatable bonds is 8. The van der Waals surface area contributed by atoms with E-state index >= 15 is 0 Å². The zero-order chi connectivity index (χ0) is 41.4. The Bertz CT molecular complexity index is 2090. The molecule has 59 heavy (non-hydrogen) atoms. The number of carboxylic acid groups (broad SMARTS) is 1. The highest BCUT2D eigenvalue weighted by atomic mass is 16.5. The summed E-state index contributed by atoms with van der Waals surface area (Å²) in [6.45, 7) is 9.25. The first-order valence-electron chi connectivity index (χ1n) is 23.1. The molecule has 8 aliphatic rings.